The standard InChI is InChI=1S/C17H20N2O3/c1-13-6-9-22-16(13)17(20)18-12-14-4-2-3-5-15(14)19-7-10-21-11-8-19/h2-6,9H,7-8,10-12H2,1H3,(H,18,20). The molecule has 2 heterocycles. The van der Waals surface area contributed by atoms with Crippen molar-refractivity contribution >= 4 is 11.6 Å². The lowest BCUT2D eigenvalue weighted by Gasteiger charge is -2.30. The summed E-state index contributed by atoms with van der Waals surface area (Å²) in [5.41, 5.74) is 3.10. The fraction of sp³-hybridized carbons (Fsp3) is 0.353. The Morgan fingerprint density at radius 3 is 2.73 bits per heavy atom. The number of aryl methyl sites for hydroxylation is 1. The molecule has 116 valence electrons. The Labute approximate surface area is 129 Å². The van der Waals surface area contributed by atoms with Crippen LogP contribution in [-0.4, -0.2) is 32.2 Å². The highest BCUT2D eigenvalue weighted by atomic mass is 16.5. The van der Waals surface area contributed by atoms with Crippen LogP contribution in [0, 0.1) is 6.92 Å². The molecule has 1 fully saturated rings. The lowest BCUT2D eigenvalue weighted by Crippen LogP contribution is -2.37. The molecule has 5 nitrogen and oxygen atoms in total. The van der Waals surface area contributed by atoms with Crippen LogP contribution in [0.5, 0.6) is 0 Å². The molecule has 0 aliphatic carbocycles. The normalized spacial score (nSPS) is 14.9. The first kappa shape index (κ1) is 14.7. The number of nitrogens with zero attached hydrogens (tertiary/aromatic N) is 1. The van der Waals surface area contributed by atoms with Crippen molar-refractivity contribution in [3.05, 3.63) is 53.5 Å². The molecular formula is C17H20N2O3. The molecule has 1 amide bonds. The van der Waals surface area contributed by atoms with E-state index in [9.17, 15) is 4.79 Å². The maximum Gasteiger partial charge on any atom is 0.287 e. The highest BCUT2D eigenvalue weighted by molar-refractivity contribution is 5.92. The molecule has 22 heavy (non-hydrogen) atoms. The minimum Gasteiger partial charge on any atom is -0.459 e. The Bertz CT molecular complexity index is 645. The van der Waals surface area contributed by atoms with E-state index in [-0.39, 0.29) is 5.91 Å². The third-order valence-electron chi connectivity index (χ3n) is 3.85. The molecule has 1 aromatic carbocycles. The van der Waals surface area contributed by atoms with Crippen molar-refractivity contribution < 1.29 is 13.9 Å². The van der Waals surface area contributed by atoms with E-state index in [1.54, 1.807) is 6.07 Å². The Hall–Kier alpha value is -2.27. The summed E-state index contributed by atoms with van der Waals surface area (Å²) >= 11 is 0. The SMILES string of the molecule is Cc1ccoc1C(=O)NCc1ccccc1N1CCOCC1. The summed E-state index contributed by atoms with van der Waals surface area (Å²) in [4.78, 5) is 14.4. The van der Waals surface area contributed by atoms with Crippen molar-refractivity contribution in [3.8, 4) is 0 Å². The van der Waals surface area contributed by atoms with Crippen LogP contribution < -0.4 is 10.2 Å². The van der Waals surface area contributed by atoms with Crippen LogP contribution in [0.1, 0.15) is 21.7 Å². The maximum atomic E-state index is 12.1. The van der Waals surface area contributed by atoms with Gasteiger partial charge in [0.1, 0.15) is 0 Å². The van der Waals surface area contributed by atoms with Crippen LogP contribution in [0.4, 0.5) is 5.69 Å². The Morgan fingerprint density at radius 1 is 1.23 bits per heavy atom. The van der Waals surface area contributed by atoms with Crippen LogP contribution in [-0.2, 0) is 11.3 Å². The zero-order valence-electron chi connectivity index (χ0n) is 12.7. The van der Waals surface area contributed by atoms with Gasteiger partial charge in [0, 0.05) is 30.9 Å². The van der Waals surface area contributed by atoms with E-state index in [0.29, 0.717) is 12.3 Å². The topological polar surface area (TPSA) is 54.7 Å². The van der Waals surface area contributed by atoms with Crippen molar-refractivity contribution in [3.63, 3.8) is 0 Å². The predicted octanol–water partition coefficient (Wildman–Crippen LogP) is 2.35. The second kappa shape index (κ2) is 6.66. The third-order valence-corrected chi connectivity index (χ3v) is 3.85. The first-order valence-corrected chi connectivity index (χ1v) is 7.48. The van der Waals surface area contributed by atoms with E-state index < -0.39 is 0 Å². The van der Waals surface area contributed by atoms with Crippen molar-refractivity contribution in [1.82, 2.24) is 5.32 Å². The van der Waals surface area contributed by atoms with Gasteiger partial charge in [-0.3, -0.25) is 4.79 Å². The zero-order chi connectivity index (χ0) is 15.4. The van der Waals surface area contributed by atoms with E-state index in [2.05, 4.69) is 16.3 Å². The van der Waals surface area contributed by atoms with Crippen LogP contribution in [0.3, 0.4) is 0 Å². The molecule has 0 unspecified atom stereocenters. The molecule has 1 saturated heterocycles. The molecule has 0 atom stereocenters. The fourth-order valence-corrected chi connectivity index (χ4v) is 2.63. The number of carbonyl (C=O) groups is 1. The summed E-state index contributed by atoms with van der Waals surface area (Å²) in [6, 6.07) is 9.93. The number of anilines is 1. The first-order chi connectivity index (χ1) is 10.8. The summed E-state index contributed by atoms with van der Waals surface area (Å²) in [7, 11) is 0. The molecule has 1 aromatic heterocycles. The van der Waals surface area contributed by atoms with Crippen LogP contribution in [0.15, 0.2) is 41.0 Å². The smallest absolute Gasteiger partial charge is 0.287 e. The van der Waals surface area contributed by atoms with E-state index in [4.69, 9.17) is 9.15 Å². The number of hydrogen-bond acceptors (Lipinski definition) is 4. The van der Waals surface area contributed by atoms with Gasteiger partial charge in [-0.05, 0) is 24.6 Å². The van der Waals surface area contributed by atoms with Crippen LogP contribution in [0.25, 0.3) is 0 Å². The van der Waals surface area contributed by atoms with Crippen molar-refractivity contribution in [2.24, 2.45) is 0 Å². The highest BCUT2D eigenvalue weighted by Crippen LogP contribution is 2.21. The van der Waals surface area contributed by atoms with Gasteiger partial charge in [0.25, 0.3) is 5.91 Å². The molecule has 0 spiro atoms. The lowest BCUT2D eigenvalue weighted by atomic mass is 10.1. The van der Waals surface area contributed by atoms with Gasteiger partial charge in [0.05, 0.1) is 19.5 Å². The van der Waals surface area contributed by atoms with Crippen LogP contribution in [0.2, 0.25) is 0 Å². The number of rotatable bonds is 4. The molecule has 1 aliphatic rings. The lowest BCUT2D eigenvalue weighted by molar-refractivity contribution is 0.0922. The number of nitrogens with one attached hydrogen (secondary N) is 1. The van der Waals surface area contributed by atoms with E-state index in [1.165, 1.54) is 6.26 Å². The zero-order valence-corrected chi connectivity index (χ0v) is 12.7. The van der Waals surface area contributed by atoms with Gasteiger partial charge in [0.2, 0.25) is 0 Å². The van der Waals surface area contributed by atoms with Gasteiger partial charge < -0.3 is 19.4 Å². The minimum atomic E-state index is -0.181. The molecule has 0 radical (unpaired) electrons. The summed E-state index contributed by atoms with van der Waals surface area (Å²) in [5, 5.41) is 2.93. The third kappa shape index (κ3) is 3.14. The number of carbonyl (C=O) groups excluding carboxylic acids is 1. The fourth-order valence-electron chi connectivity index (χ4n) is 2.63. The van der Waals surface area contributed by atoms with Gasteiger partial charge >= 0.3 is 0 Å². The van der Waals surface area contributed by atoms with Crippen molar-refractivity contribution in [2.45, 2.75) is 13.5 Å². The Balaban J connectivity index is 1.70. The number of benzene rings is 1. The Kier molecular flexibility index (Phi) is 4.44. The molecule has 0 saturated carbocycles. The quantitative estimate of drug-likeness (QED) is 0.942. The second-order valence-corrected chi connectivity index (χ2v) is 5.34. The molecule has 1 N–H and O–H groups in total. The minimum absolute atomic E-state index is 0.181. The summed E-state index contributed by atoms with van der Waals surface area (Å²) in [6.07, 6.45) is 1.53. The summed E-state index contributed by atoms with van der Waals surface area (Å²) < 4.78 is 10.6. The van der Waals surface area contributed by atoms with Crippen molar-refractivity contribution in [1.29, 1.82) is 0 Å². The monoisotopic (exact) mass is 300 g/mol. The number of morpholine rings is 1. The van der Waals surface area contributed by atoms with E-state index >= 15 is 0 Å². The number of furan rings is 1. The van der Waals surface area contributed by atoms with Gasteiger partial charge in [-0.2, -0.15) is 0 Å². The van der Waals surface area contributed by atoms with E-state index in [1.807, 2.05) is 25.1 Å². The van der Waals surface area contributed by atoms with Gasteiger partial charge in [-0.1, -0.05) is 18.2 Å². The molecule has 2 aromatic rings. The molecule has 0 bridgehead atoms. The molecule has 1 aliphatic heterocycles. The van der Waals surface area contributed by atoms with E-state index in [0.717, 1.165) is 43.1 Å². The number of hydrogen-bond donors (Lipinski definition) is 1. The molecule has 5 heteroatoms. The highest BCUT2D eigenvalue weighted by Gasteiger charge is 2.16. The number of amides is 1. The van der Waals surface area contributed by atoms with Gasteiger partial charge in [-0.25, -0.2) is 0 Å². The van der Waals surface area contributed by atoms with Gasteiger partial charge in [-0.15, -0.1) is 0 Å². The maximum absolute atomic E-state index is 12.1. The van der Waals surface area contributed by atoms with Crippen LogP contribution >= 0.6 is 0 Å². The molecular weight excluding hydrogens is 280 g/mol. The summed E-state index contributed by atoms with van der Waals surface area (Å²) in [6.45, 7) is 5.58. The Morgan fingerprint density at radius 2 is 2.00 bits per heavy atom. The first-order valence-electron chi connectivity index (χ1n) is 7.48. The molecule has 3 rings (SSSR count). The second-order valence-electron chi connectivity index (χ2n) is 5.34. The average molecular weight is 300 g/mol. The number of ether oxygens (including phenoxy) is 1. The predicted molar refractivity (Wildman–Crippen MR) is 84.1 cm³/mol. The number of para-hydroxylation sites is 1. The summed E-state index contributed by atoms with van der Waals surface area (Å²) in [5.74, 6) is 0.197. The largest absolute Gasteiger partial charge is 0.459 e. The van der Waals surface area contributed by atoms with Crippen molar-refractivity contribution in [2.75, 3.05) is 31.2 Å². The van der Waals surface area contributed by atoms with Gasteiger partial charge in [0.15, 0.2) is 5.76 Å². The average Bonchev–Trinajstić information content (AvgIpc) is 3.00.